The zero-order valence-electron chi connectivity index (χ0n) is 16.4. The predicted octanol–water partition coefficient (Wildman–Crippen LogP) is 3.04. The van der Waals surface area contributed by atoms with Crippen LogP contribution in [-0.2, 0) is 9.53 Å². The van der Waals surface area contributed by atoms with Crippen LogP contribution in [0.1, 0.15) is 0 Å². The third-order valence-corrected chi connectivity index (χ3v) is 10.3. The fourth-order valence-corrected chi connectivity index (χ4v) is 9.19. The number of benzene rings is 4. The quantitative estimate of drug-likeness (QED) is 0.280. The number of cyclic esters (lactones) is 1. The number of carbonyl (C=O) groups is 1. The SMILES string of the molecule is O=C1OC1N(c1ccccc1)[Si](c1ccccc1)(c1ccccc1)c1ccccc1. The van der Waals surface area contributed by atoms with E-state index in [-0.39, 0.29) is 5.97 Å². The molecule has 1 aliphatic rings. The van der Waals surface area contributed by atoms with Crippen LogP contribution in [-0.4, -0.2) is 20.4 Å². The zero-order chi connectivity index (χ0) is 20.4. The number of epoxide rings is 1. The molecule has 0 amide bonds. The highest BCUT2D eigenvalue weighted by molar-refractivity contribution is 7.14. The monoisotopic (exact) mass is 407 g/mol. The molecular weight excluding hydrogens is 386 g/mol. The van der Waals surface area contributed by atoms with Crippen molar-refractivity contribution in [3.63, 3.8) is 0 Å². The summed E-state index contributed by atoms with van der Waals surface area (Å²) in [5, 5.41) is 3.61. The Kier molecular flexibility index (Phi) is 4.69. The molecule has 4 aromatic carbocycles. The number of hydrogen-bond donors (Lipinski definition) is 0. The van der Waals surface area contributed by atoms with Crippen molar-refractivity contribution in [1.29, 1.82) is 0 Å². The first-order valence-electron chi connectivity index (χ1n) is 10.0. The molecule has 4 aromatic rings. The van der Waals surface area contributed by atoms with Crippen molar-refractivity contribution in [3.8, 4) is 0 Å². The van der Waals surface area contributed by atoms with Gasteiger partial charge >= 0.3 is 5.97 Å². The standard InChI is InChI=1S/C26H21NO2Si/c28-26-25(29-26)27(21-13-5-1-6-14-21)30(22-15-7-2-8-16-22,23-17-9-3-10-18-23)24-19-11-4-12-20-24/h1-20,25H. The van der Waals surface area contributed by atoms with E-state index in [2.05, 4.69) is 89.5 Å². The molecule has 0 N–H and O–H groups in total. The first-order chi connectivity index (χ1) is 14.8. The smallest absolute Gasteiger partial charge is 0.370 e. The van der Waals surface area contributed by atoms with Gasteiger partial charge in [0.2, 0.25) is 0 Å². The van der Waals surface area contributed by atoms with Crippen LogP contribution in [0.5, 0.6) is 0 Å². The van der Waals surface area contributed by atoms with Gasteiger partial charge in [0.1, 0.15) is 0 Å². The molecule has 0 bridgehead atoms. The molecule has 1 aliphatic heterocycles. The normalized spacial score (nSPS) is 15.3. The number of anilines is 1. The van der Waals surface area contributed by atoms with Crippen molar-refractivity contribution in [2.75, 3.05) is 4.57 Å². The Morgan fingerprint density at radius 1 is 0.567 bits per heavy atom. The van der Waals surface area contributed by atoms with Crippen molar-refractivity contribution in [2.24, 2.45) is 0 Å². The second-order valence-electron chi connectivity index (χ2n) is 7.30. The average molecular weight is 408 g/mol. The molecule has 1 fully saturated rings. The highest BCUT2D eigenvalue weighted by Gasteiger charge is 2.57. The maximum atomic E-state index is 12.4. The van der Waals surface area contributed by atoms with Crippen LogP contribution >= 0.6 is 0 Å². The second-order valence-corrected chi connectivity index (χ2v) is 10.9. The third kappa shape index (κ3) is 3.02. The molecule has 0 spiro atoms. The summed E-state index contributed by atoms with van der Waals surface area (Å²) < 4.78 is 7.77. The largest absolute Gasteiger partial charge is 0.426 e. The number of para-hydroxylation sites is 1. The van der Waals surface area contributed by atoms with Gasteiger partial charge in [-0.3, -0.25) is 0 Å². The summed E-state index contributed by atoms with van der Waals surface area (Å²) in [6.45, 7) is 0. The fraction of sp³-hybridized carbons (Fsp3) is 0.0385. The molecule has 1 heterocycles. The Hall–Kier alpha value is -3.63. The molecular formula is C26H21NO2Si. The van der Waals surface area contributed by atoms with Crippen LogP contribution in [0.3, 0.4) is 0 Å². The molecule has 5 rings (SSSR count). The molecule has 0 aromatic heterocycles. The van der Waals surface area contributed by atoms with Gasteiger partial charge in [0.25, 0.3) is 14.5 Å². The summed E-state index contributed by atoms with van der Waals surface area (Å²) in [7, 11) is -2.85. The first-order valence-corrected chi connectivity index (χ1v) is 12.0. The van der Waals surface area contributed by atoms with Crippen molar-refractivity contribution < 1.29 is 9.53 Å². The Balaban J connectivity index is 1.89. The van der Waals surface area contributed by atoms with Gasteiger partial charge in [-0.05, 0) is 27.7 Å². The van der Waals surface area contributed by atoms with Crippen LogP contribution in [0, 0.1) is 0 Å². The maximum Gasteiger partial charge on any atom is 0.370 e. The van der Waals surface area contributed by atoms with Gasteiger partial charge in [0.05, 0.1) is 0 Å². The number of hydrogen-bond acceptors (Lipinski definition) is 3. The maximum absolute atomic E-state index is 12.4. The Bertz CT molecular complexity index is 1040. The van der Waals surface area contributed by atoms with Gasteiger partial charge in [0.15, 0.2) is 0 Å². The van der Waals surface area contributed by atoms with Gasteiger partial charge in [-0.25, -0.2) is 4.79 Å². The second kappa shape index (κ2) is 7.65. The Morgan fingerprint density at radius 2 is 0.900 bits per heavy atom. The van der Waals surface area contributed by atoms with Gasteiger partial charge in [0, 0.05) is 5.69 Å². The molecule has 1 saturated heterocycles. The van der Waals surface area contributed by atoms with Crippen molar-refractivity contribution >= 4 is 35.5 Å². The van der Waals surface area contributed by atoms with Crippen LogP contribution in [0.25, 0.3) is 0 Å². The van der Waals surface area contributed by atoms with E-state index in [0.717, 1.165) is 5.69 Å². The lowest BCUT2D eigenvalue weighted by molar-refractivity contribution is -0.117. The van der Waals surface area contributed by atoms with E-state index in [4.69, 9.17) is 4.74 Å². The highest BCUT2D eigenvalue weighted by Crippen LogP contribution is 2.31. The molecule has 0 saturated carbocycles. The minimum atomic E-state index is -2.85. The third-order valence-electron chi connectivity index (χ3n) is 5.58. The van der Waals surface area contributed by atoms with Gasteiger partial charge in [-0.2, -0.15) is 0 Å². The topological polar surface area (TPSA) is 32.8 Å². The number of carbonyl (C=O) groups excluding carboxylic acids is 1. The fourth-order valence-electron chi connectivity index (χ4n) is 4.28. The highest BCUT2D eigenvalue weighted by atomic mass is 28.3. The van der Waals surface area contributed by atoms with E-state index in [1.807, 2.05) is 36.4 Å². The minimum Gasteiger partial charge on any atom is -0.426 e. The van der Waals surface area contributed by atoms with Gasteiger partial charge < -0.3 is 9.30 Å². The van der Waals surface area contributed by atoms with Crippen LogP contribution in [0.4, 0.5) is 5.69 Å². The number of ether oxygens (including phenoxy) is 1. The summed E-state index contributed by atoms with van der Waals surface area (Å²) >= 11 is 0. The lowest BCUT2D eigenvalue weighted by Crippen LogP contribution is -2.78. The molecule has 0 aliphatic carbocycles. The van der Waals surface area contributed by atoms with E-state index >= 15 is 0 Å². The number of rotatable bonds is 6. The Labute approximate surface area is 177 Å². The summed E-state index contributed by atoms with van der Waals surface area (Å²) in [5.41, 5.74) is 0.983. The van der Waals surface area contributed by atoms with Crippen molar-refractivity contribution in [3.05, 3.63) is 121 Å². The lowest BCUT2D eigenvalue weighted by Gasteiger charge is -2.43. The molecule has 146 valence electrons. The summed E-state index contributed by atoms with van der Waals surface area (Å²) in [5.74, 6) is -0.182. The molecule has 30 heavy (non-hydrogen) atoms. The van der Waals surface area contributed by atoms with E-state index in [1.165, 1.54) is 15.6 Å². The Morgan fingerprint density at radius 3 is 1.23 bits per heavy atom. The molecule has 1 atom stereocenters. The zero-order valence-corrected chi connectivity index (χ0v) is 17.4. The van der Waals surface area contributed by atoms with E-state index in [9.17, 15) is 4.79 Å². The van der Waals surface area contributed by atoms with E-state index in [0.29, 0.717) is 0 Å². The lowest BCUT2D eigenvalue weighted by atomic mass is 10.3. The molecule has 3 nitrogen and oxygen atoms in total. The summed E-state index contributed by atoms with van der Waals surface area (Å²) in [6, 6.07) is 41.7. The van der Waals surface area contributed by atoms with Crippen LogP contribution in [0.15, 0.2) is 121 Å². The molecule has 0 radical (unpaired) electrons. The van der Waals surface area contributed by atoms with Gasteiger partial charge in [-0.1, -0.05) is 109 Å². The first kappa shape index (κ1) is 18.4. The van der Waals surface area contributed by atoms with E-state index < -0.39 is 14.5 Å². The number of nitrogens with zero attached hydrogens (tertiary/aromatic N) is 1. The average Bonchev–Trinajstić information content (AvgIpc) is 3.55. The van der Waals surface area contributed by atoms with Crippen molar-refractivity contribution in [2.45, 2.75) is 6.23 Å². The van der Waals surface area contributed by atoms with Gasteiger partial charge in [-0.15, -0.1) is 0 Å². The minimum absolute atomic E-state index is 0.182. The molecule has 1 unspecified atom stereocenters. The van der Waals surface area contributed by atoms with E-state index in [1.54, 1.807) is 0 Å². The van der Waals surface area contributed by atoms with Crippen molar-refractivity contribution in [1.82, 2.24) is 0 Å². The molecule has 4 heteroatoms. The summed E-state index contributed by atoms with van der Waals surface area (Å²) in [6.07, 6.45) is -0.584. The van der Waals surface area contributed by atoms with Crippen LogP contribution in [0.2, 0.25) is 0 Å². The predicted molar refractivity (Wildman–Crippen MR) is 123 cm³/mol. The summed E-state index contributed by atoms with van der Waals surface area (Å²) in [4.78, 5) is 12.4. The van der Waals surface area contributed by atoms with Crippen LogP contribution < -0.4 is 20.1 Å².